The second kappa shape index (κ2) is 11.5. The summed E-state index contributed by atoms with van der Waals surface area (Å²) in [6.07, 6.45) is 4.43. The van der Waals surface area contributed by atoms with E-state index in [2.05, 4.69) is 20.7 Å². The maximum atomic E-state index is 12.3. The van der Waals surface area contributed by atoms with Gasteiger partial charge in [-0.15, -0.1) is 10.2 Å². The Bertz CT molecular complexity index is 1370. The van der Waals surface area contributed by atoms with Gasteiger partial charge in [-0.3, -0.25) is 19.5 Å². The zero-order valence-corrected chi connectivity index (χ0v) is 19.2. The molecule has 1 heterocycles. The number of nitro benzene ring substituents is 1. The largest absolute Gasteiger partial charge is 0.276 e. The number of para-hydroxylation sites is 2. The number of aromatic nitrogens is 3. The molecule has 0 saturated carbocycles. The smallest absolute Gasteiger partial charge is 0.272 e. The van der Waals surface area contributed by atoms with Gasteiger partial charge in [-0.1, -0.05) is 72.4 Å². The van der Waals surface area contributed by atoms with Crippen molar-refractivity contribution in [2.45, 2.75) is 5.16 Å². The van der Waals surface area contributed by atoms with Gasteiger partial charge in [-0.25, -0.2) is 5.43 Å². The van der Waals surface area contributed by atoms with Crippen LogP contribution in [0, 0.1) is 10.1 Å². The van der Waals surface area contributed by atoms with Gasteiger partial charge in [-0.05, 0) is 30.4 Å². The summed E-state index contributed by atoms with van der Waals surface area (Å²) in [6.45, 7) is 0. The summed E-state index contributed by atoms with van der Waals surface area (Å²) in [4.78, 5) is 22.9. The predicted octanol–water partition coefficient (Wildman–Crippen LogP) is 4.75. The minimum absolute atomic E-state index is 0.00464. The molecule has 1 aromatic heterocycles. The molecule has 0 spiro atoms. The highest BCUT2D eigenvalue weighted by atomic mass is 32.2. The van der Waals surface area contributed by atoms with E-state index in [1.54, 1.807) is 24.3 Å². The summed E-state index contributed by atoms with van der Waals surface area (Å²) in [5.74, 6) is 0.428. The van der Waals surface area contributed by atoms with Crippen LogP contribution < -0.4 is 5.43 Å². The number of rotatable bonds is 9. The minimum atomic E-state index is -0.451. The lowest BCUT2D eigenvalue weighted by atomic mass is 10.2. The molecule has 0 bridgehead atoms. The van der Waals surface area contributed by atoms with Crippen molar-refractivity contribution in [1.29, 1.82) is 0 Å². The lowest BCUT2D eigenvalue weighted by molar-refractivity contribution is -0.385. The van der Waals surface area contributed by atoms with Crippen molar-refractivity contribution in [2.24, 2.45) is 5.10 Å². The first kappa shape index (κ1) is 23.6. The van der Waals surface area contributed by atoms with Crippen LogP contribution in [0.3, 0.4) is 0 Å². The number of hydrazone groups is 1. The molecule has 0 atom stereocenters. The average Bonchev–Trinajstić information content (AvgIpc) is 3.32. The number of nitrogens with zero attached hydrogens (tertiary/aromatic N) is 5. The third-order valence-electron chi connectivity index (χ3n) is 4.77. The van der Waals surface area contributed by atoms with Gasteiger partial charge in [0.1, 0.15) is 0 Å². The van der Waals surface area contributed by atoms with Crippen molar-refractivity contribution in [2.75, 3.05) is 5.75 Å². The molecule has 1 amide bonds. The first-order chi connectivity index (χ1) is 17.1. The number of hydrogen-bond acceptors (Lipinski definition) is 7. The average molecular weight is 485 g/mol. The van der Waals surface area contributed by atoms with Gasteiger partial charge >= 0.3 is 0 Å². The van der Waals surface area contributed by atoms with Crippen LogP contribution in [0.5, 0.6) is 0 Å². The van der Waals surface area contributed by atoms with Crippen LogP contribution in [-0.4, -0.2) is 37.6 Å². The summed E-state index contributed by atoms with van der Waals surface area (Å²) in [6, 6.07) is 25.8. The van der Waals surface area contributed by atoms with E-state index >= 15 is 0 Å². The van der Waals surface area contributed by atoms with Gasteiger partial charge in [0.2, 0.25) is 0 Å². The molecule has 10 heteroatoms. The molecule has 0 aliphatic carbocycles. The van der Waals surface area contributed by atoms with Gasteiger partial charge < -0.3 is 0 Å². The van der Waals surface area contributed by atoms with Crippen LogP contribution in [-0.2, 0) is 4.79 Å². The Morgan fingerprint density at radius 1 is 1.00 bits per heavy atom. The molecule has 0 aliphatic rings. The number of nitro groups is 1. The maximum Gasteiger partial charge on any atom is 0.276 e. The summed E-state index contributed by atoms with van der Waals surface area (Å²) < 4.78 is 1.91. The molecule has 0 saturated heterocycles. The number of benzene rings is 3. The second-order valence-corrected chi connectivity index (χ2v) is 8.06. The Morgan fingerprint density at radius 3 is 2.43 bits per heavy atom. The van der Waals surface area contributed by atoms with E-state index in [-0.39, 0.29) is 17.3 Å². The zero-order valence-electron chi connectivity index (χ0n) is 18.4. The van der Waals surface area contributed by atoms with Crippen molar-refractivity contribution >= 4 is 35.6 Å². The molecular weight excluding hydrogens is 464 g/mol. The fraction of sp³-hybridized carbons (Fsp3) is 0.0400. The van der Waals surface area contributed by atoms with E-state index in [1.807, 2.05) is 65.2 Å². The SMILES string of the molecule is O=C(CSc1nnc(-c2ccccc2)n1-c1ccccc1)N/N=C/C=C/c1ccccc1[N+](=O)[O-]. The summed E-state index contributed by atoms with van der Waals surface area (Å²) in [5.41, 5.74) is 4.68. The summed E-state index contributed by atoms with van der Waals surface area (Å²) in [7, 11) is 0. The first-order valence-corrected chi connectivity index (χ1v) is 11.5. The van der Waals surface area contributed by atoms with Crippen LogP contribution >= 0.6 is 11.8 Å². The fourth-order valence-corrected chi connectivity index (χ4v) is 3.95. The highest BCUT2D eigenvalue weighted by molar-refractivity contribution is 7.99. The van der Waals surface area contributed by atoms with E-state index in [4.69, 9.17) is 0 Å². The number of amides is 1. The zero-order chi connectivity index (χ0) is 24.5. The van der Waals surface area contributed by atoms with Gasteiger partial charge in [0.25, 0.3) is 11.6 Å². The van der Waals surface area contributed by atoms with Crippen LogP contribution in [0.1, 0.15) is 5.56 Å². The van der Waals surface area contributed by atoms with Crippen molar-refractivity contribution in [3.05, 3.63) is 107 Å². The minimum Gasteiger partial charge on any atom is -0.272 e. The van der Waals surface area contributed by atoms with Crippen molar-refractivity contribution in [1.82, 2.24) is 20.2 Å². The molecule has 0 aliphatic heterocycles. The van der Waals surface area contributed by atoms with Crippen molar-refractivity contribution in [3.63, 3.8) is 0 Å². The Hall–Kier alpha value is -4.57. The summed E-state index contributed by atoms with van der Waals surface area (Å²) >= 11 is 1.24. The number of allylic oxidation sites excluding steroid dienone is 1. The van der Waals surface area contributed by atoms with Gasteiger partial charge in [0.15, 0.2) is 11.0 Å². The molecule has 0 fully saturated rings. The maximum absolute atomic E-state index is 12.3. The lowest BCUT2D eigenvalue weighted by Gasteiger charge is -2.10. The first-order valence-electron chi connectivity index (χ1n) is 10.5. The van der Waals surface area contributed by atoms with Crippen LogP contribution in [0.25, 0.3) is 23.2 Å². The van der Waals surface area contributed by atoms with Crippen molar-refractivity contribution in [3.8, 4) is 17.1 Å². The van der Waals surface area contributed by atoms with Crippen molar-refractivity contribution < 1.29 is 9.72 Å². The highest BCUT2D eigenvalue weighted by Gasteiger charge is 2.17. The monoisotopic (exact) mass is 484 g/mol. The molecule has 0 unspecified atom stereocenters. The summed E-state index contributed by atoms with van der Waals surface area (Å²) in [5, 5.41) is 24.1. The Balaban J connectivity index is 1.40. The predicted molar refractivity (Wildman–Crippen MR) is 136 cm³/mol. The lowest BCUT2D eigenvalue weighted by Crippen LogP contribution is -2.19. The highest BCUT2D eigenvalue weighted by Crippen LogP contribution is 2.27. The molecule has 3 aromatic carbocycles. The van der Waals surface area contributed by atoms with Crippen LogP contribution in [0.2, 0.25) is 0 Å². The molecule has 1 N–H and O–H groups in total. The molecule has 4 aromatic rings. The standard InChI is InChI=1S/C25H20N6O3S/c32-23(27-26-17-9-13-19-10-7-8-16-22(19)31(33)34)18-35-25-29-28-24(20-11-3-1-4-12-20)30(25)21-14-5-2-6-15-21/h1-17H,18H2,(H,27,32)/b13-9+,26-17+. The number of nitrogens with one attached hydrogen (secondary N) is 1. The van der Waals surface area contributed by atoms with Gasteiger partial charge in [0, 0.05) is 23.5 Å². The molecule has 0 radical (unpaired) electrons. The van der Waals surface area contributed by atoms with Crippen LogP contribution in [0.15, 0.2) is 101 Å². The Kier molecular flexibility index (Phi) is 7.77. The third kappa shape index (κ3) is 6.06. The normalized spacial score (nSPS) is 11.2. The topological polar surface area (TPSA) is 115 Å². The Morgan fingerprint density at radius 2 is 1.69 bits per heavy atom. The van der Waals surface area contributed by atoms with Gasteiger partial charge in [0.05, 0.1) is 16.2 Å². The number of hydrogen-bond donors (Lipinski definition) is 1. The fourth-order valence-electron chi connectivity index (χ4n) is 3.20. The molecular formula is C25H20N6O3S. The van der Waals surface area contributed by atoms with E-state index in [9.17, 15) is 14.9 Å². The molecule has 4 rings (SSSR count). The number of carbonyl (C=O) groups excluding carboxylic acids is 1. The van der Waals surface area contributed by atoms with Gasteiger partial charge in [-0.2, -0.15) is 5.10 Å². The Labute approximate surface area is 205 Å². The van der Waals surface area contributed by atoms with E-state index in [1.165, 1.54) is 30.1 Å². The molecule has 9 nitrogen and oxygen atoms in total. The van der Waals surface area contributed by atoms with E-state index in [0.29, 0.717) is 16.5 Å². The number of thioether (sulfide) groups is 1. The molecule has 35 heavy (non-hydrogen) atoms. The number of carbonyl (C=O) groups is 1. The third-order valence-corrected chi connectivity index (χ3v) is 5.70. The second-order valence-electron chi connectivity index (χ2n) is 7.12. The molecule has 174 valence electrons. The van der Waals surface area contributed by atoms with E-state index < -0.39 is 4.92 Å². The van der Waals surface area contributed by atoms with Crippen LogP contribution in [0.4, 0.5) is 5.69 Å². The van der Waals surface area contributed by atoms with E-state index in [0.717, 1.165) is 11.3 Å². The quantitative estimate of drug-likeness (QED) is 0.159.